The monoisotopic (exact) mass is 327 g/mol. The van der Waals surface area contributed by atoms with Crippen LogP contribution >= 0.6 is 0 Å². The highest BCUT2D eigenvalue weighted by Crippen LogP contribution is 2.24. The number of rotatable bonds is 6. The summed E-state index contributed by atoms with van der Waals surface area (Å²) in [5.41, 5.74) is 2.72. The van der Waals surface area contributed by atoms with E-state index in [-0.39, 0.29) is 11.9 Å². The summed E-state index contributed by atoms with van der Waals surface area (Å²) < 4.78 is 1.84. The molecule has 0 aromatic carbocycles. The maximum atomic E-state index is 12.5. The van der Waals surface area contributed by atoms with Gasteiger partial charge in [-0.15, -0.1) is 0 Å². The first-order chi connectivity index (χ1) is 11.7. The first-order valence-corrected chi connectivity index (χ1v) is 8.65. The SMILES string of the molecule is CCn1ncc(C(=O)NC[C@H](c2cccnc2)N2CCCC2)c1C. The topological polar surface area (TPSA) is 63.1 Å². The van der Waals surface area contributed by atoms with Crippen LogP contribution in [0.25, 0.3) is 0 Å². The molecule has 1 aliphatic rings. The highest BCUT2D eigenvalue weighted by molar-refractivity contribution is 5.95. The Morgan fingerprint density at radius 2 is 2.12 bits per heavy atom. The van der Waals surface area contributed by atoms with Crippen LogP contribution in [0.5, 0.6) is 0 Å². The van der Waals surface area contributed by atoms with E-state index in [1.165, 1.54) is 12.8 Å². The molecule has 0 saturated carbocycles. The van der Waals surface area contributed by atoms with Crippen LogP contribution in [-0.4, -0.2) is 45.2 Å². The molecular formula is C18H25N5O. The number of aryl methyl sites for hydroxylation is 1. The average Bonchev–Trinajstić information content (AvgIpc) is 3.25. The summed E-state index contributed by atoms with van der Waals surface area (Å²) in [7, 11) is 0. The maximum absolute atomic E-state index is 12.5. The number of nitrogens with one attached hydrogen (secondary N) is 1. The molecule has 3 heterocycles. The number of carbonyl (C=O) groups excluding carboxylic acids is 1. The Morgan fingerprint density at radius 1 is 1.33 bits per heavy atom. The zero-order valence-corrected chi connectivity index (χ0v) is 14.4. The molecule has 6 heteroatoms. The van der Waals surface area contributed by atoms with Gasteiger partial charge in [0, 0.05) is 31.2 Å². The molecule has 0 unspecified atom stereocenters. The fraction of sp³-hybridized carbons (Fsp3) is 0.500. The smallest absolute Gasteiger partial charge is 0.254 e. The van der Waals surface area contributed by atoms with Crippen molar-refractivity contribution in [2.45, 2.75) is 39.3 Å². The van der Waals surface area contributed by atoms with Crippen molar-refractivity contribution in [2.24, 2.45) is 0 Å². The second-order valence-electron chi connectivity index (χ2n) is 6.21. The van der Waals surface area contributed by atoms with Crippen LogP contribution in [0.15, 0.2) is 30.7 Å². The number of carbonyl (C=O) groups is 1. The first-order valence-electron chi connectivity index (χ1n) is 8.65. The van der Waals surface area contributed by atoms with E-state index in [2.05, 4.69) is 26.4 Å². The number of nitrogens with zero attached hydrogens (tertiary/aromatic N) is 4. The molecule has 0 radical (unpaired) electrons. The number of amides is 1. The lowest BCUT2D eigenvalue weighted by Gasteiger charge is -2.27. The predicted molar refractivity (Wildman–Crippen MR) is 92.8 cm³/mol. The van der Waals surface area contributed by atoms with Crippen LogP contribution in [-0.2, 0) is 6.54 Å². The van der Waals surface area contributed by atoms with E-state index < -0.39 is 0 Å². The van der Waals surface area contributed by atoms with E-state index in [1.807, 2.05) is 30.8 Å². The Morgan fingerprint density at radius 3 is 2.75 bits per heavy atom. The Hall–Kier alpha value is -2.21. The molecule has 0 spiro atoms. The van der Waals surface area contributed by atoms with Crippen molar-refractivity contribution >= 4 is 5.91 Å². The Kier molecular flexibility index (Phi) is 5.25. The third-order valence-corrected chi connectivity index (χ3v) is 4.75. The summed E-state index contributed by atoms with van der Waals surface area (Å²) in [5, 5.41) is 7.34. The Labute approximate surface area is 142 Å². The molecule has 1 atom stereocenters. The molecule has 2 aromatic heterocycles. The van der Waals surface area contributed by atoms with Crippen molar-refractivity contribution in [1.29, 1.82) is 0 Å². The standard InChI is InChI=1S/C18H25N5O/c1-3-23-14(2)16(12-21-23)18(24)20-13-17(22-9-4-5-10-22)15-7-6-8-19-11-15/h6-8,11-12,17H,3-5,9-10,13H2,1-2H3,(H,20,24)/t17-/m1/s1. The van der Waals surface area contributed by atoms with E-state index in [4.69, 9.17) is 0 Å². The van der Waals surface area contributed by atoms with Gasteiger partial charge in [-0.05, 0) is 51.4 Å². The Bertz CT molecular complexity index is 676. The van der Waals surface area contributed by atoms with Crippen LogP contribution in [0, 0.1) is 6.92 Å². The number of pyridine rings is 1. The van der Waals surface area contributed by atoms with E-state index in [1.54, 1.807) is 12.4 Å². The third kappa shape index (κ3) is 3.48. The number of hydrogen-bond donors (Lipinski definition) is 1. The number of likely N-dealkylation sites (tertiary alicyclic amines) is 1. The molecule has 6 nitrogen and oxygen atoms in total. The van der Waals surface area contributed by atoms with Gasteiger partial charge in [0.15, 0.2) is 0 Å². The zero-order valence-electron chi connectivity index (χ0n) is 14.4. The number of hydrogen-bond acceptors (Lipinski definition) is 4. The average molecular weight is 327 g/mol. The predicted octanol–water partition coefficient (Wildman–Crippen LogP) is 2.17. The second kappa shape index (κ2) is 7.57. The first kappa shape index (κ1) is 16.6. The van der Waals surface area contributed by atoms with E-state index in [9.17, 15) is 4.79 Å². The van der Waals surface area contributed by atoms with Gasteiger partial charge in [-0.3, -0.25) is 19.4 Å². The lowest BCUT2D eigenvalue weighted by Crippen LogP contribution is -2.37. The van der Waals surface area contributed by atoms with Gasteiger partial charge >= 0.3 is 0 Å². The fourth-order valence-electron chi connectivity index (χ4n) is 3.36. The number of aromatic nitrogens is 3. The van der Waals surface area contributed by atoms with Crippen LogP contribution in [0.1, 0.15) is 47.4 Å². The summed E-state index contributed by atoms with van der Waals surface area (Å²) in [5.74, 6) is -0.0553. The van der Waals surface area contributed by atoms with Crippen LogP contribution in [0.4, 0.5) is 0 Å². The summed E-state index contributed by atoms with van der Waals surface area (Å²) in [6.07, 6.45) is 7.77. The van der Waals surface area contributed by atoms with Crippen LogP contribution < -0.4 is 5.32 Å². The fourth-order valence-corrected chi connectivity index (χ4v) is 3.36. The molecule has 1 N–H and O–H groups in total. The van der Waals surface area contributed by atoms with E-state index in [0.29, 0.717) is 12.1 Å². The largest absolute Gasteiger partial charge is 0.350 e. The molecule has 1 aliphatic heterocycles. The normalized spacial score (nSPS) is 16.2. The third-order valence-electron chi connectivity index (χ3n) is 4.75. The van der Waals surface area contributed by atoms with Gasteiger partial charge in [0.1, 0.15) is 0 Å². The van der Waals surface area contributed by atoms with Gasteiger partial charge in [0.2, 0.25) is 0 Å². The lowest BCUT2D eigenvalue weighted by atomic mass is 10.1. The van der Waals surface area contributed by atoms with Crippen molar-refractivity contribution in [3.8, 4) is 0 Å². The van der Waals surface area contributed by atoms with Crippen molar-refractivity contribution in [2.75, 3.05) is 19.6 Å². The molecule has 1 fully saturated rings. The minimum Gasteiger partial charge on any atom is -0.350 e. The summed E-state index contributed by atoms with van der Waals surface area (Å²) in [6, 6.07) is 4.21. The molecule has 0 aliphatic carbocycles. The minimum absolute atomic E-state index is 0.0553. The molecule has 0 bridgehead atoms. The lowest BCUT2D eigenvalue weighted by molar-refractivity contribution is 0.0937. The van der Waals surface area contributed by atoms with Gasteiger partial charge in [-0.2, -0.15) is 5.10 Å². The van der Waals surface area contributed by atoms with Gasteiger partial charge < -0.3 is 5.32 Å². The van der Waals surface area contributed by atoms with Crippen molar-refractivity contribution < 1.29 is 4.79 Å². The highest BCUT2D eigenvalue weighted by Gasteiger charge is 2.24. The zero-order chi connectivity index (χ0) is 16.9. The quantitative estimate of drug-likeness (QED) is 0.883. The van der Waals surface area contributed by atoms with Gasteiger partial charge in [-0.1, -0.05) is 6.07 Å². The van der Waals surface area contributed by atoms with E-state index >= 15 is 0 Å². The molecule has 1 amide bonds. The van der Waals surface area contributed by atoms with E-state index in [0.717, 1.165) is 30.9 Å². The molecule has 3 rings (SSSR count). The molecule has 24 heavy (non-hydrogen) atoms. The summed E-state index contributed by atoms with van der Waals surface area (Å²) >= 11 is 0. The molecule has 128 valence electrons. The van der Waals surface area contributed by atoms with Gasteiger partial charge in [0.05, 0.1) is 17.8 Å². The summed E-state index contributed by atoms with van der Waals surface area (Å²) in [4.78, 5) is 19.2. The van der Waals surface area contributed by atoms with Crippen LogP contribution in [0.2, 0.25) is 0 Å². The second-order valence-corrected chi connectivity index (χ2v) is 6.21. The van der Waals surface area contributed by atoms with Crippen LogP contribution in [0.3, 0.4) is 0 Å². The maximum Gasteiger partial charge on any atom is 0.254 e. The summed E-state index contributed by atoms with van der Waals surface area (Å²) in [6.45, 7) is 7.45. The molecule has 2 aromatic rings. The van der Waals surface area contributed by atoms with Gasteiger partial charge in [0.25, 0.3) is 5.91 Å². The van der Waals surface area contributed by atoms with Gasteiger partial charge in [-0.25, -0.2) is 0 Å². The highest BCUT2D eigenvalue weighted by atomic mass is 16.1. The minimum atomic E-state index is -0.0553. The molecule has 1 saturated heterocycles. The Balaban J connectivity index is 1.71. The van der Waals surface area contributed by atoms with Crippen molar-refractivity contribution in [3.05, 3.63) is 47.5 Å². The molecular weight excluding hydrogens is 302 g/mol. The van der Waals surface area contributed by atoms with Crippen molar-refractivity contribution in [1.82, 2.24) is 25.0 Å². The van der Waals surface area contributed by atoms with Crippen molar-refractivity contribution in [3.63, 3.8) is 0 Å².